The first-order valence-electron chi connectivity index (χ1n) is 9.77. The molecule has 7 nitrogen and oxygen atoms in total. The molecule has 0 aliphatic heterocycles. The lowest BCUT2D eigenvalue weighted by molar-refractivity contribution is 0.0938. The van der Waals surface area contributed by atoms with Gasteiger partial charge in [-0.25, -0.2) is 13.1 Å². The van der Waals surface area contributed by atoms with Gasteiger partial charge in [-0.3, -0.25) is 9.59 Å². The van der Waals surface area contributed by atoms with Gasteiger partial charge < -0.3 is 9.73 Å². The van der Waals surface area contributed by atoms with Crippen LogP contribution in [-0.4, -0.2) is 26.2 Å². The zero-order chi connectivity index (χ0) is 22.4. The number of rotatable bonds is 9. The first kappa shape index (κ1) is 22.5. The van der Waals surface area contributed by atoms with E-state index in [-0.39, 0.29) is 29.2 Å². The van der Waals surface area contributed by atoms with Gasteiger partial charge in [0.05, 0.1) is 11.2 Å². The molecule has 1 atom stereocenters. The minimum Gasteiger partial charge on any atom is -0.469 e. The van der Waals surface area contributed by atoms with Gasteiger partial charge in [0, 0.05) is 30.1 Å². The number of carbonyl (C=O) groups excluding carboxylic acids is 2. The van der Waals surface area contributed by atoms with E-state index < -0.39 is 10.0 Å². The molecule has 2 N–H and O–H groups in total. The maximum Gasteiger partial charge on any atom is 0.251 e. The second kappa shape index (κ2) is 9.72. The molecule has 0 spiro atoms. The minimum atomic E-state index is -3.72. The molecule has 0 fully saturated rings. The van der Waals surface area contributed by atoms with E-state index in [0.717, 1.165) is 5.76 Å². The molecule has 162 valence electrons. The molecule has 1 amide bonds. The predicted octanol–water partition coefficient (Wildman–Crippen LogP) is 3.32. The van der Waals surface area contributed by atoms with Crippen LogP contribution in [0.3, 0.4) is 0 Å². The van der Waals surface area contributed by atoms with Gasteiger partial charge in [0.25, 0.3) is 5.91 Å². The summed E-state index contributed by atoms with van der Waals surface area (Å²) in [5.41, 5.74) is 1.65. The molecule has 1 heterocycles. The Morgan fingerprint density at radius 3 is 2.19 bits per heavy atom. The van der Waals surface area contributed by atoms with Crippen molar-refractivity contribution in [3.63, 3.8) is 0 Å². The van der Waals surface area contributed by atoms with Crippen LogP contribution in [-0.2, 0) is 23.0 Å². The largest absolute Gasteiger partial charge is 0.469 e. The molecular formula is C23H24N2O5S. The number of nitrogens with one attached hydrogen (secondary N) is 2. The Hall–Kier alpha value is -3.23. The highest BCUT2D eigenvalue weighted by Crippen LogP contribution is 2.13. The van der Waals surface area contributed by atoms with E-state index in [0.29, 0.717) is 23.1 Å². The van der Waals surface area contributed by atoms with Crippen LogP contribution in [0.2, 0.25) is 0 Å². The van der Waals surface area contributed by atoms with E-state index >= 15 is 0 Å². The smallest absolute Gasteiger partial charge is 0.251 e. The fraction of sp³-hybridized carbons (Fsp3) is 0.217. The Balaban J connectivity index is 1.56. The second-order valence-corrected chi connectivity index (χ2v) is 9.03. The number of ketones is 1. The van der Waals surface area contributed by atoms with Crippen molar-refractivity contribution in [2.24, 2.45) is 0 Å². The van der Waals surface area contributed by atoms with Gasteiger partial charge in [-0.2, -0.15) is 0 Å². The molecule has 3 aromatic rings. The number of amides is 1. The summed E-state index contributed by atoms with van der Waals surface area (Å²) in [5.74, 6) is 0.458. The summed E-state index contributed by atoms with van der Waals surface area (Å²) in [7, 11) is -3.72. The molecular weight excluding hydrogens is 416 g/mol. The molecule has 0 aliphatic rings. The third-order valence-electron chi connectivity index (χ3n) is 4.72. The number of hydrogen-bond acceptors (Lipinski definition) is 5. The number of carbonyl (C=O) groups is 2. The summed E-state index contributed by atoms with van der Waals surface area (Å²) >= 11 is 0. The summed E-state index contributed by atoms with van der Waals surface area (Å²) in [6, 6.07) is 16.0. The van der Waals surface area contributed by atoms with Gasteiger partial charge >= 0.3 is 0 Å². The Morgan fingerprint density at radius 1 is 0.968 bits per heavy atom. The Labute approximate surface area is 181 Å². The van der Waals surface area contributed by atoms with Crippen LogP contribution in [0.25, 0.3) is 0 Å². The lowest BCUT2D eigenvalue weighted by Gasteiger charge is -2.13. The molecule has 0 aliphatic carbocycles. The highest BCUT2D eigenvalue weighted by molar-refractivity contribution is 7.89. The molecule has 31 heavy (non-hydrogen) atoms. The first-order valence-corrected chi connectivity index (χ1v) is 11.3. The van der Waals surface area contributed by atoms with Crippen LogP contribution >= 0.6 is 0 Å². The van der Waals surface area contributed by atoms with Crippen LogP contribution in [0.4, 0.5) is 0 Å². The maximum absolute atomic E-state index is 12.4. The predicted molar refractivity (Wildman–Crippen MR) is 116 cm³/mol. The topological polar surface area (TPSA) is 105 Å². The molecule has 3 rings (SSSR count). The first-order chi connectivity index (χ1) is 14.7. The quantitative estimate of drug-likeness (QED) is 0.497. The normalized spacial score (nSPS) is 12.3. The van der Waals surface area contributed by atoms with Gasteiger partial charge in [0.15, 0.2) is 5.78 Å². The SMILES string of the molecule is CC(=O)c1ccc(S(=O)(=O)NCc2ccc(C(=O)NC(C)Cc3ccco3)cc2)cc1. The third-order valence-corrected chi connectivity index (χ3v) is 6.14. The van der Waals surface area contributed by atoms with Gasteiger partial charge in [-0.1, -0.05) is 24.3 Å². The number of furan rings is 1. The van der Waals surface area contributed by atoms with Gasteiger partial charge in [0.2, 0.25) is 10.0 Å². The van der Waals surface area contributed by atoms with Crippen molar-refractivity contribution in [1.29, 1.82) is 0 Å². The number of benzene rings is 2. The Bertz CT molecular complexity index is 1140. The van der Waals surface area contributed by atoms with Crippen LogP contribution < -0.4 is 10.0 Å². The fourth-order valence-electron chi connectivity index (χ4n) is 2.99. The standard InChI is InChI=1S/C23H24N2O5S/c1-16(14-21-4-3-13-30-21)25-23(27)20-7-5-18(6-8-20)15-24-31(28,29)22-11-9-19(10-12-22)17(2)26/h3-13,16,24H,14-15H2,1-2H3,(H,25,27). The van der Waals surface area contributed by atoms with Crippen molar-refractivity contribution in [3.8, 4) is 0 Å². The molecule has 1 unspecified atom stereocenters. The van der Waals surface area contributed by atoms with Crippen LogP contribution in [0.15, 0.2) is 76.2 Å². The van der Waals surface area contributed by atoms with Crippen molar-refractivity contribution in [1.82, 2.24) is 10.0 Å². The minimum absolute atomic E-state index is 0.0770. The monoisotopic (exact) mass is 440 g/mol. The summed E-state index contributed by atoms with van der Waals surface area (Å²) < 4.78 is 32.7. The summed E-state index contributed by atoms with van der Waals surface area (Å²) in [6.45, 7) is 3.39. The summed E-state index contributed by atoms with van der Waals surface area (Å²) in [6.07, 6.45) is 2.18. The lowest BCUT2D eigenvalue weighted by atomic mass is 10.1. The van der Waals surface area contributed by atoms with E-state index in [4.69, 9.17) is 4.42 Å². The van der Waals surface area contributed by atoms with E-state index in [1.165, 1.54) is 31.2 Å². The van der Waals surface area contributed by atoms with E-state index in [9.17, 15) is 18.0 Å². The molecule has 0 radical (unpaired) electrons. The van der Waals surface area contributed by atoms with Gasteiger partial charge in [-0.05, 0) is 55.8 Å². The lowest BCUT2D eigenvalue weighted by Crippen LogP contribution is -2.34. The van der Waals surface area contributed by atoms with Crippen molar-refractivity contribution >= 4 is 21.7 Å². The highest BCUT2D eigenvalue weighted by Gasteiger charge is 2.15. The van der Waals surface area contributed by atoms with E-state index in [1.54, 1.807) is 36.6 Å². The molecule has 1 aromatic heterocycles. The summed E-state index contributed by atoms with van der Waals surface area (Å²) in [4.78, 5) is 23.8. The van der Waals surface area contributed by atoms with E-state index in [1.807, 2.05) is 13.0 Å². The maximum atomic E-state index is 12.4. The zero-order valence-electron chi connectivity index (χ0n) is 17.3. The Kier molecular flexibility index (Phi) is 7.04. The number of hydrogen-bond donors (Lipinski definition) is 2. The van der Waals surface area contributed by atoms with Crippen LogP contribution in [0.1, 0.15) is 45.9 Å². The van der Waals surface area contributed by atoms with Crippen molar-refractivity contribution in [2.45, 2.75) is 37.8 Å². The highest BCUT2D eigenvalue weighted by atomic mass is 32.2. The average Bonchev–Trinajstić information content (AvgIpc) is 3.25. The molecule has 0 saturated carbocycles. The fourth-order valence-corrected chi connectivity index (χ4v) is 4.01. The van der Waals surface area contributed by atoms with Gasteiger partial charge in [0.1, 0.15) is 5.76 Å². The van der Waals surface area contributed by atoms with Crippen molar-refractivity contribution in [3.05, 3.63) is 89.4 Å². The van der Waals surface area contributed by atoms with Crippen LogP contribution in [0, 0.1) is 0 Å². The third kappa shape index (κ3) is 6.13. The molecule has 0 bridgehead atoms. The Morgan fingerprint density at radius 2 is 1.61 bits per heavy atom. The van der Waals surface area contributed by atoms with Crippen molar-refractivity contribution < 1.29 is 22.4 Å². The number of Topliss-reactive ketones (excluding diaryl/α,β-unsaturated/α-hetero) is 1. The van der Waals surface area contributed by atoms with Gasteiger partial charge in [-0.15, -0.1) is 0 Å². The molecule has 8 heteroatoms. The zero-order valence-corrected chi connectivity index (χ0v) is 18.1. The van der Waals surface area contributed by atoms with E-state index in [2.05, 4.69) is 10.0 Å². The second-order valence-electron chi connectivity index (χ2n) is 7.26. The van der Waals surface area contributed by atoms with Crippen molar-refractivity contribution in [2.75, 3.05) is 0 Å². The molecule has 2 aromatic carbocycles. The van der Waals surface area contributed by atoms with Crippen LogP contribution in [0.5, 0.6) is 0 Å². The average molecular weight is 441 g/mol. The summed E-state index contributed by atoms with van der Waals surface area (Å²) in [5, 5.41) is 2.91. The number of sulfonamides is 1. The molecule has 0 saturated heterocycles.